The van der Waals surface area contributed by atoms with Crippen LogP contribution in [-0.4, -0.2) is 45.1 Å². The van der Waals surface area contributed by atoms with Crippen molar-refractivity contribution in [1.82, 2.24) is 19.7 Å². The van der Waals surface area contributed by atoms with Crippen LogP contribution in [0.5, 0.6) is 0 Å². The Labute approximate surface area is 123 Å². The second-order valence-corrected chi connectivity index (χ2v) is 6.09. The van der Waals surface area contributed by atoms with E-state index < -0.39 is 17.7 Å². The highest BCUT2D eigenvalue weighted by molar-refractivity contribution is 5.82. The lowest BCUT2D eigenvalue weighted by Crippen LogP contribution is -2.48. The van der Waals surface area contributed by atoms with E-state index in [0.717, 1.165) is 25.2 Å². The summed E-state index contributed by atoms with van der Waals surface area (Å²) in [7, 11) is 0. The van der Waals surface area contributed by atoms with Gasteiger partial charge in [0.2, 0.25) is 5.91 Å². The van der Waals surface area contributed by atoms with Crippen molar-refractivity contribution >= 4 is 5.91 Å². The number of hydrogen-bond donors (Lipinski definition) is 0. The molecule has 2 heterocycles. The molecule has 1 aromatic heterocycles. The van der Waals surface area contributed by atoms with Gasteiger partial charge in [0, 0.05) is 25.6 Å². The molecule has 7 heteroatoms. The number of aromatic nitrogens is 3. The van der Waals surface area contributed by atoms with Crippen molar-refractivity contribution in [2.45, 2.75) is 52.5 Å². The van der Waals surface area contributed by atoms with Crippen LogP contribution in [0.3, 0.4) is 0 Å². The first-order chi connectivity index (χ1) is 9.87. The molecule has 1 amide bonds. The standard InChI is InChI=1S/C14H22F2N4O/c1-4-19-9-17-18-11(19)10-6-5-7-20(8-10)13(21)14(2,3)12(15)16/h9-10,12H,4-8H2,1-3H3/t10-/m0/s1. The van der Waals surface area contributed by atoms with Crippen molar-refractivity contribution in [1.29, 1.82) is 0 Å². The number of aryl methyl sites for hydroxylation is 1. The summed E-state index contributed by atoms with van der Waals surface area (Å²) in [6.07, 6.45) is 0.702. The average molecular weight is 300 g/mol. The van der Waals surface area contributed by atoms with Gasteiger partial charge in [0.25, 0.3) is 6.43 Å². The van der Waals surface area contributed by atoms with E-state index in [2.05, 4.69) is 10.2 Å². The number of alkyl halides is 2. The quantitative estimate of drug-likeness (QED) is 0.857. The van der Waals surface area contributed by atoms with Crippen molar-refractivity contribution in [3.05, 3.63) is 12.2 Å². The molecule has 2 rings (SSSR count). The number of carbonyl (C=O) groups is 1. The molecule has 0 radical (unpaired) electrons. The minimum absolute atomic E-state index is 0.0682. The van der Waals surface area contributed by atoms with Gasteiger partial charge in [0.1, 0.15) is 17.6 Å². The summed E-state index contributed by atoms with van der Waals surface area (Å²) in [5, 5.41) is 8.03. The second-order valence-electron chi connectivity index (χ2n) is 6.09. The fourth-order valence-electron chi connectivity index (χ4n) is 2.70. The van der Waals surface area contributed by atoms with E-state index in [1.807, 2.05) is 11.5 Å². The van der Waals surface area contributed by atoms with Crippen LogP contribution in [0, 0.1) is 5.41 Å². The zero-order valence-electron chi connectivity index (χ0n) is 12.7. The molecule has 0 unspecified atom stereocenters. The molecule has 0 aromatic carbocycles. The van der Waals surface area contributed by atoms with E-state index in [9.17, 15) is 13.6 Å². The smallest absolute Gasteiger partial charge is 0.252 e. The SMILES string of the molecule is CCn1cnnc1[C@H]1CCCN(C(=O)C(C)(C)C(F)F)C1. The summed E-state index contributed by atoms with van der Waals surface area (Å²) in [6, 6.07) is 0. The Hall–Kier alpha value is -1.53. The predicted molar refractivity (Wildman–Crippen MR) is 74.0 cm³/mol. The van der Waals surface area contributed by atoms with Gasteiger partial charge >= 0.3 is 0 Å². The normalized spacial score (nSPS) is 20.1. The fourth-order valence-corrected chi connectivity index (χ4v) is 2.70. The van der Waals surface area contributed by atoms with Crippen molar-refractivity contribution in [2.75, 3.05) is 13.1 Å². The largest absolute Gasteiger partial charge is 0.341 e. The maximum absolute atomic E-state index is 13.0. The van der Waals surface area contributed by atoms with Gasteiger partial charge < -0.3 is 9.47 Å². The molecule has 1 aliphatic heterocycles. The van der Waals surface area contributed by atoms with Gasteiger partial charge in [-0.25, -0.2) is 8.78 Å². The molecular formula is C14H22F2N4O. The maximum atomic E-state index is 13.0. The highest BCUT2D eigenvalue weighted by atomic mass is 19.3. The summed E-state index contributed by atoms with van der Waals surface area (Å²) < 4.78 is 28.0. The molecule has 1 saturated heterocycles. The van der Waals surface area contributed by atoms with E-state index in [-0.39, 0.29) is 5.92 Å². The van der Waals surface area contributed by atoms with Crippen LogP contribution in [0.15, 0.2) is 6.33 Å². The summed E-state index contributed by atoms with van der Waals surface area (Å²) in [6.45, 7) is 6.34. The van der Waals surface area contributed by atoms with Gasteiger partial charge in [0.05, 0.1) is 0 Å². The molecule has 1 atom stereocenters. The molecule has 1 aromatic rings. The molecule has 0 saturated carbocycles. The lowest BCUT2D eigenvalue weighted by Gasteiger charge is -2.37. The van der Waals surface area contributed by atoms with Gasteiger partial charge in [-0.1, -0.05) is 0 Å². The van der Waals surface area contributed by atoms with Crippen LogP contribution in [0.4, 0.5) is 8.78 Å². The molecule has 0 spiro atoms. The first-order valence-corrected chi connectivity index (χ1v) is 7.33. The zero-order valence-corrected chi connectivity index (χ0v) is 12.7. The van der Waals surface area contributed by atoms with E-state index in [0.29, 0.717) is 13.1 Å². The van der Waals surface area contributed by atoms with Crippen molar-refractivity contribution < 1.29 is 13.6 Å². The molecular weight excluding hydrogens is 278 g/mol. The number of hydrogen-bond acceptors (Lipinski definition) is 3. The van der Waals surface area contributed by atoms with Gasteiger partial charge in [-0.3, -0.25) is 4.79 Å². The minimum atomic E-state index is -2.66. The Balaban J connectivity index is 2.13. The predicted octanol–water partition coefficient (Wildman–Crippen LogP) is 2.30. The monoisotopic (exact) mass is 300 g/mol. The zero-order chi connectivity index (χ0) is 15.6. The first kappa shape index (κ1) is 15.9. The van der Waals surface area contributed by atoms with E-state index in [1.165, 1.54) is 13.8 Å². The summed E-state index contributed by atoms with van der Waals surface area (Å²) in [4.78, 5) is 13.9. The van der Waals surface area contributed by atoms with Crippen LogP contribution >= 0.6 is 0 Å². The molecule has 118 valence electrons. The lowest BCUT2D eigenvalue weighted by molar-refractivity contribution is -0.150. The first-order valence-electron chi connectivity index (χ1n) is 7.33. The fraction of sp³-hybridized carbons (Fsp3) is 0.786. The third-order valence-electron chi connectivity index (χ3n) is 4.16. The lowest BCUT2D eigenvalue weighted by atomic mass is 9.89. The van der Waals surface area contributed by atoms with Crippen LogP contribution in [-0.2, 0) is 11.3 Å². The molecule has 5 nitrogen and oxygen atoms in total. The highest BCUT2D eigenvalue weighted by Gasteiger charge is 2.42. The van der Waals surface area contributed by atoms with Crippen LogP contribution in [0.2, 0.25) is 0 Å². The Morgan fingerprint density at radius 2 is 2.24 bits per heavy atom. The highest BCUT2D eigenvalue weighted by Crippen LogP contribution is 2.32. The minimum Gasteiger partial charge on any atom is -0.341 e. The molecule has 0 N–H and O–H groups in total. The molecule has 1 aliphatic rings. The van der Waals surface area contributed by atoms with Crippen molar-refractivity contribution in [2.24, 2.45) is 5.41 Å². The van der Waals surface area contributed by atoms with Gasteiger partial charge in [-0.2, -0.15) is 0 Å². The number of nitrogens with zero attached hydrogens (tertiary/aromatic N) is 4. The number of likely N-dealkylation sites (tertiary alicyclic amines) is 1. The number of rotatable bonds is 4. The van der Waals surface area contributed by atoms with Gasteiger partial charge in [-0.05, 0) is 33.6 Å². The van der Waals surface area contributed by atoms with Crippen molar-refractivity contribution in [3.8, 4) is 0 Å². The number of carbonyl (C=O) groups excluding carboxylic acids is 1. The van der Waals surface area contributed by atoms with Gasteiger partial charge in [-0.15, -0.1) is 10.2 Å². The van der Waals surface area contributed by atoms with Crippen LogP contribution < -0.4 is 0 Å². The van der Waals surface area contributed by atoms with Crippen LogP contribution in [0.25, 0.3) is 0 Å². The summed E-state index contributed by atoms with van der Waals surface area (Å²) >= 11 is 0. The Morgan fingerprint density at radius 3 is 2.86 bits per heavy atom. The van der Waals surface area contributed by atoms with E-state index in [1.54, 1.807) is 11.2 Å². The molecule has 0 bridgehead atoms. The Kier molecular flexibility index (Phi) is 4.58. The van der Waals surface area contributed by atoms with E-state index >= 15 is 0 Å². The van der Waals surface area contributed by atoms with Crippen molar-refractivity contribution in [3.63, 3.8) is 0 Å². The van der Waals surface area contributed by atoms with E-state index in [4.69, 9.17) is 0 Å². The summed E-state index contributed by atoms with van der Waals surface area (Å²) in [5.41, 5.74) is -1.64. The number of amides is 1. The molecule has 1 fully saturated rings. The average Bonchev–Trinajstić information content (AvgIpc) is 2.94. The number of halogens is 2. The third-order valence-corrected chi connectivity index (χ3v) is 4.16. The Morgan fingerprint density at radius 1 is 1.52 bits per heavy atom. The van der Waals surface area contributed by atoms with Crippen LogP contribution in [0.1, 0.15) is 45.4 Å². The number of piperidine rings is 1. The maximum Gasteiger partial charge on any atom is 0.252 e. The molecule has 21 heavy (non-hydrogen) atoms. The molecule has 0 aliphatic carbocycles. The summed E-state index contributed by atoms with van der Waals surface area (Å²) in [5.74, 6) is 0.424. The second kappa shape index (κ2) is 6.07. The van der Waals surface area contributed by atoms with Gasteiger partial charge in [0.15, 0.2) is 0 Å². The topological polar surface area (TPSA) is 51.0 Å². The Bertz CT molecular complexity index is 501. The third kappa shape index (κ3) is 3.06.